The summed E-state index contributed by atoms with van der Waals surface area (Å²) in [5.74, 6) is 0. The standard InChI is InChI=1S/C5H7IN2/c1-4(2-3-7)5(6)8/h2-3,7-8H,1H3/b4-2-,7-3?,8-5?. The molecule has 0 atom stereocenters. The van der Waals surface area contributed by atoms with Crippen LogP contribution in [-0.4, -0.2) is 9.93 Å². The zero-order valence-electron chi connectivity index (χ0n) is 4.53. The Morgan fingerprint density at radius 1 is 1.62 bits per heavy atom. The second-order valence-corrected chi connectivity index (χ2v) is 2.41. The average Bonchev–Trinajstić information content (AvgIpc) is 1.67. The Morgan fingerprint density at radius 3 is 2.25 bits per heavy atom. The van der Waals surface area contributed by atoms with Gasteiger partial charge in [-0.05, 0) is 41.2 Å². The van der Waals surface area contributed by atoms with Crippen molar-refractivity contribution >= 4 is 32.5 Å². The highest BCUT2D eigenvalue weighted by Gasteiger charge is 1.88. The molecule has 8 heavy (non-hydrogen) atoms. The molecule has 0 spiro atoms. The van der Waals surface area contributed by atoms with Gasteiger partial charge in [-0.3, -0.25) is 5.41 Å². The molecule has 2 nitrogen and oxygen atoms in total. The first-order valence-electron chi connectivity index (χ1n) is 2.10. The first-order chi connectivity index (χ1) is 3.68. The predicted octanol–water partition coefficient (Wildman–Crippen LogP) is 1.99. The van der Waals surface area contributed by atoms with Gasteiger partial charge in [-0.25, -0.2) is 0 Å². The van der Waals surface area contributed by atoms with Crippen molar-refractivity contribution < 1.29 is 0 Å². The van der Waals surface area contributed by atoms with Crippen molar-refractivity contribution in [1.82, 2.24) is 0 Å². The van der Waals surface area contributed by atoms with E-state index >= 15 is 0 Å². The second kappa shape index (κ2) is 3.77. The summed E-state index contributed by atoms with van der Waals surface area (Å²) in [4.78, 5) is 0. The Bertz CT molecular complexity index is 137. The molecule has 0 bridgehead atoms. The predicted molar refractivity (Wildman–Crippen MR) is 44.3 cm³/mol. The van der Waals surface area contributed by atoms with Gasteiger partial charge >= 0.3 is 0 Å². The van der Waals surface area contributed by atoms with Crippen LogP contribution in [-0.2, 0) is 0 Å². The van der Waals surface area contributed by atoms with E-state index in [4.69, 9.17) is 10.8 Å². The van der Waals surface area contributed by atoms with E-state index in [9.17, 15) is 0 Å². The van der Waals surface area contributed by atoms with Gasteiger partial charge < -0.3 is 5.41 Å². The van der Waals surface area contributed by atoms with Crippen molar-refractivity contribution in [3.05, 3.63) is 11.6 Å². The molecule has 0 heterocycles. The van der Waals surface area contributed by atoms with E-state index in [0.29, 0.717) is 3.72 Å². The van der Waals surface area contributed by atoms with Gasteiger partial charge in [0.2, 0.25) is 0 Å². The molecule has 0 aromatic heterocycles. The Balaban J connectivity index is 3.99. The van der Waals surface area contributed by atoms with Crippen molar-refractivity contribution in [2.75, 3.05) is 0 Å². The average molecular weight is 222 g/mol. The van der Waals surface area contributed by atoms with Crippen LogP contribution in [0, 0.1) is 10.8 Å². The van der Waals surface area contributed by atoms with Crippen molar-refractivity contribution in [1.29, 1.82) is 10.8 Å². The number of allylic oxidation sites excluding steroid dienone is 2. The van der Waals surface area contributed by atoms with Crippen LogP contribution in [0.2, 0.25) is 0 Å². The van der Waals surface area contributed by atoms with Crippen LogP contribution in [0.1, 0.15) is 6.92 Å². The van der Waals surface area contributed by atoms with E-state index in [1.165, 1.54) is 6.21 Å². The molecular formula is C5H7IN2. The monoisotopic (exact) mass is 222 g/mol. The molecule has 0 saturated carbocycles. The van der Waals surface area contributed by atoms with Crippen LogP contribution < -0.4 is 0 Å². The number of rotatable bonds is 2. The maximum Gasteiger partial charge on any atom is 0.0949 e. The van der Waals surface area contributed by atoms with Gasteiger partial charge in [0.1, 0.15) is 0 Å². The van der Waals surface area contributed by atoms with Crippen LogP contribution in [0.15, 0.2) is 11.6 Å². The molecule has 0 aliphatic rings. The molecule has 0 aliphatic heterocycles. The van der Waals surface area contributed by atoms with Crippen LogP contribution in [0.5, 0.6) is 0 Å². The van der Waals surface area contributed by atoms with E-state index < -0.39 is 0 Å². The Morgan fingerprint density at radius 2 is 2.12 bits per heavy atom. The van der Waals surface area contributed by atoms with Crippen molar-refractivity contribution in [3.8, 4) is 0 Å². The largest absolute Gasteiger partial charge is 0.309 e. The van der Waals surface area contributed by atoms with Gasteiger partial charge in [0.05, 0.1) is 3.72 Å². The molecule has 0 aromatic carbocycles. The summed E-state index contributed by atoms with van der Waals surface area (Å²) in [5.41, 5.74) is 0.834. The number of hydrogen-bond acceptors (Lipinski definition) is 2. The summed E-state index contributed by atoms with van der Waals surface area (Å²) in [6.07, 6.45) is 2.78. The molecule has 2 N–H and O–H groups in total. The molecule has 0 aliphatic carbocycles. The van der Waals surface area contributed by atoms with Gasteiger partial charge in [0, 0.05) is 6.21 Å². The van der Waals surface area contributed by atoms with Gasteiger partial charge in [-0.15, -0.1) is 0 Å². The van der Waals surface area contributed by atoms with Crippen LogP contribution >= 0.6 is 22.6 Å². The fraction of sp³-hybridized carbons (Fsp3) is 0.200. The highest BCUT2D eigenvalue weighted by molar-refractivity contribution is 14.1. The van der Waals surface area contributed by atoms with Crippen LogP contribution in [0.25, 0.3) is 0 Å². The SMILES string of the molecule is C/C(=C/C=N)C(=N)I. The van der Waals surface area contributed by atoms with E-state index in [-0.39, 0.29) is 0 Å². The molecule has 3 heteroatoms. The molecule has 0 saturated heterocycles. The topological polar surface area (TPSA) is 47.7 Å². The second-order valence-electron chi connectivity index (χ2n) is 1.33. The van der Waals surface area contributed by atoms with Gasteiger partial charge in [-0.2, -0.15) is 0 Å². The molecule has 0 amide bonds. The summed E-state index contributed by atoms with van der Waals surface area (Å²) >= 11 is 1.90. The molecule has 0 aromatic rings. The maximum atomic E-state index is 7.02. The van der Waals surface area contributed by atoms with Gasteiger partial charge in [0.15, 0.2) is 0 Å². The minimum atomic E-state index is 0.492. The maximum absolute atomic E-state index is 7.02. The number of hydrogen-bond donors (Lipinski definition) is 2. The third-order valence-corrected chi connectivity index (χ3v) is 1.53. The molecule has 0 radical (unpaired) electrons. The number of halogens is 1. The summed E-state index contributed by atoms with van der Waals surface area (Å²) in [6.45, 7) is 1.81. The first kappa shape index (κ1) is 7.81. The lowest BCUT2D eigenvalue weighted by molar-refractivity contribution is 1.50. The fourth-order valence-corrected chi connectivity index (χ4v) is 0.378. The quantitative estimate of drug-likeness (QED) is 0.530. The Hall–Kier alpha value is -0.190. The van der Waals surface area contributed by atoms with E-state index in [1.807, 2.05) is 22.6 Å². The van der Waals surface area contributed by atoms with Crippen molar-refractivity contribution in [3.63, 3.8) is 0 Å². The van der Waals surface area contributed by atoms with Crippen molar-refractivity contribution in [2.45, 2.75) is 6.92 Å². The van der Waals surface area contributed by atoms with E-state index in [1.54, 1.807) is 13.0 Å². The number of nitrogens with one attached hydrogen (secondary N) is 2. The molecule has 44 valence electrons. The molecular weight excluding hydrogens is 215 g/mol. The summed E-state index contributed by atoms with van der Waals surface area (Å²) in [5, 5.41) is 13.6. The van der Waals surface area contributed by atoms with E-state index in [0.717, 1.165) is 5.57 Å². The van der Waals surface area contributed by atoms with Gasteiger partial charge in [0.25, 0.3) is 0 Å². The molecule has 0 unspecified atom stereocenters. The van der Waals surface area contributed by atoms with Crippen LogP contribution in [0.4, 0.5) is 0 Å². The minimum Gasteiger partial charge on any atom is -0.309 e. The first-order valence-corrected chi connectivity index (χ1v) is 3.18. The van der Waals surface area contributed by atoms with E-state index in [2.05, 4.69) is 0 Å². The molecule has 0 rings (SSSR count). The summed E-state index contributed by atoms with van der Waals surface area (Å²) in [6, 6.07) is 0. The van der Waals surface area contributed by atoms with Gasteiger partial charge in [-0.1, -0.05) is 0 Å². The smallest absolute Gasteiger partial charge is 0.0949 e. The summed E-state index contributed by atoms with van der Waals surface area (Å²) in [7, 11) is 0. The Kier molecular flexibility index (Phi) is 3.68. The zero-order valence-corrected chi connectivity index (χ0v) is 6.69. The Labute approximate surface area is 62.1 Å². The molecule has 0 fully saturated rings. The van der Waals surface area contributed by atoms with Crippen molar-refractivity contribution in [2.24, 2.45) is 0 Å². The lowest BCUT2D eigenvalue weighted by atomic mass is 10.3. The fourth-order valence-electron chi connectivity index (χ4n) is 0.198. The normalized spacial score (nSPS) is 11.0. The third-order valence-electron chi connectivity index (χ3n) is 0.680. The third kappa shape index (κ3) is 2.90. The highest BCUT2D eigenvalue weighted by atomic mass is 127. The minimum absolute atomic E-state index is 0.492. The summed E-state index contributed by atoms with van der Waals surface area (Å²) < 4.78 is 0.492. The lowest BCUT2D eigenvalue weighted by Crippen LogP contribution is -1.83. The van der Waals surface area contributed by atoms with Crippen LogP contribution in [0.3, 0.4) is 0 Å². The highest BCUT2D eigenvalue weighted by Crippen LogP contribution is 1.99. The zero-order chi connectivity index (χ0) is 6.57. The lowest BCUT2D eigenvalue weighted by Gasteiger charge is -1.87.